The molecule has 1 fully saturated rings. The number of nitrogens with zero attached hydrogens (tertiary/aromatic N) is 1. The Bertz CT molecular complexity index is 654. The molecule has 0 amide bonds. The summed E-state index contributed by atoms with van der Waals surface area (Å²) in [6.45, 7) is 6.23. The van der Waals surface area contributed by atoms with Crippen molar-refractivity contribution in [3.63, 3.8) is 0 Å². The molecular weight excluding hydrogens is 407 g/mol. The van der Waals surface area contributed by atoms with Crippen molar-refractivity contribution in [2.45, 2.75) is 51.0 Å². The van der Waals surface area contributed by atoms with Gasteiger partial charge in [0, 0.05) is 24.2 Å². The molecule has 1 aliphatic rings. The molecule has 2 rings (SSSR count). The second kappa shape index (κ2) is 12.7. The minimum absolute atomic E-state index is 0.267. The zero-order chi connectivity index (χ0) is 22.0. The summed E-state index contributed by atoms with van der Waals surface area (Å²) >= 11 is 6.13. The van der Waals surface area contributed by atoms with Crippen LogP contribution in [0.1, 0.15) is 31.7 Å². The van der Waals surface area contributed by atoms with Crippen LogP contribution < -0.4 is 5.32 Å². The van der Waals surface area contributed by atoms with E-state index in [1.807, 2.05) is 0 Å². The fraction of sp³-hybridized carbons (Fsp3) is 0.579. The van der Waals surface area contributed by atoms with Crippen molar-refractivity contribution in [1.82, 2.24) is 10.2 Å². The molecule has 3 atom stereocenters. The highest BCUT2D eigenvalue weighted by Gasteiger charge is 2.29. The number of benzene rings is 1. The van der Waals surface area contributed by atoms with E-state index < -0.39 is 24.1 Å². The number of hydrogen-bond donors (Lipinski definition) is 5. The third kappa shape index (κ3) is 8.63. The zero-order valence-electron chi connectivity index (χ0n) is 16.2. The van der Waals surface area contributed by atoms with Gasteiger partial charge < -0.3 is 25.7 Å². The minimum Gasteiger partial charge on any atom is -0.479 e. The summed E-state index contributed by atoms with van der Waals surface area (Å²) in [6.07, 6.45) is -0.971. The standard InChI is InChI=1S/C15H22ClFN2.C4H6O6/c1-2-3-8-19(14-6-7-18-10-14)11-12-4-5-13(17)9-15(12)16;5-1(3(7)8)2(6)4(9)10/h4-5,9,14,18H,2-3,6-8,10-11H2,1H3;1-2,5-6H,(H,7,8)(H,9,10)/t14-;1-,2-/m01/s1. The summed E-state index contributed by atoms with van der Waals surface area (Å²) in [5.74, 6) is -3.80. The van der Waals surface area contributed by atoms with Crippen LogP contribution in [0.25, 0.3) is 0 Å². The Kier molecular flexibility index (Phi) is 11.1. The van der Waals surface area contributed by atoms with Crippen LogP contribution in [-0.2, 0) is 16.1 Å². The first-order chi connectivity index (χ1) is 13.7. The summed E-state index contributed by atoms with van der Waals surface area (Å²) in [7, 11) is 0. The van der Waals surface area contributed by atoms with Crippen LogP contribution in [0, 0.1) is 5.82 Å². The molecule has 0 radical (unpaired) electrons. The van der Waals surface area contributed by atoms with Crippen LogP contribution in [-0.4, -0.2) is 75.1 Å². The van der Waals surface area contributed by atoms with Gasteiger partial charge in [0.1, 0.15) is 5.82 Å². The second-order valence-electron chi connectivity index (χ2n) is 6.77. The topological polar surface area (TPSA) is 130 Å². The molecule has 0 unspecified atom stereocenters. The maximum absolute atomic E-state index is 13.1. The SMILES string of the molecule is CCCCN(Cc1ccc(F)cc1Cl)[C@H]1CCNC1.O=C(O)[C@H](O)[C@@H](O)C(=O)O. The van der Waals surface area contributed by atoms with Gasteiger partial charge in [-0.2, -0.15) is 0 Å². The highest BCUT2D eigenvalue weighted by molar-refractivity contribution is 6.31. The Morgan fingerprint density at radius 3 is 2.34 bits per heavy atom. The number of nitrogens with one attached hydrogen (secondary N) is 1. The minimum atomic E-state index is -2.27. The zero-order valence-corrected chi connectivity index (χ0v) is 17.0. The number of carboxylic acid groups (broad SMARTS) is 2. The van der Waals surface area contributed by atoms with E-state index >= 15 is 0 Å². The molecule has 1 aromatic rings. The number of carbonyl (C=O) groups is 2. The van der Waals surface area contributed by atoms with Crippen LogP contribution >= 0.6 is 11.6 Å². The lowest BCUT2D eigenvalue weighted by molar-refractivity contribution is -0.165. The number of unbranched alkanes of at least 4 members (excludes halogenated alkanes) is 1. The molecule has 8 nitrogen and oxygen atoms in total. The van der Waals surface area contributed by atoms with Crippen molar-refractivity contribution in [2.75, 3.05) is 19.6 Å². The Labute approximate surface area is 173 Å². The summed E-state index contributed by atoms with van der Waals surface area (Å²) in [4.78, 5) is 22.0. The van der Waals surface area contributed by atoms with E-state index in [-0.39, 0.29) is 5.82 Å². The highest BCUT2D eigenvalue weighted by Crippen LogP contribution is 2.21. The first-order valence-corrected chi connectivity index (χ1v) is 9.75. The molecule has 0 aromatic heterocycles. The molecule has 1 aliphatic heterocycles. The van der Waals surface area contributed by atoms with Gasteiger partial charge in [-0.05, 0) is 43.6 Å². The van der Waals surface area contributed by atoms with Gasteiger partial charge in [-0.1, -0.05) is 31.0 Å². The van der Waals surface area contributed by atoms with E-state index in [1.54, 1.807) is 6.07 Å². The van der Waals surface area contributed by atoms with E-state index in [2.05, 4.69) is 17.1 Å². The van der Waals surface area contributed by atoms with Crippen molar-refractivity contribution in [1.29, 1.82) is 0 Å². The lowest BCUT2D eigenvalue weighted by Gasteiger charge is -2.28. The van der Waals surface area contributed by atoms with Gasteiger partial charge in [0.25, 0.3) is 0 Å². The quantitative estimate of drug-likeness (QED) is 0.393. The number of aliphatic hydroxyl groups is 2. The highest BCUT2D eigenvalue weighted by atomic mass is 35.5. The predicted molar refractivity (Wildman–Crippen MR) is 105 cm³/mol. The smallest absolute Gasteiger partial charge is 0.335 e. The average molecular weight is 435 g/mol. The van der Waals surface area contributed by atoms with Crippen molar-refractivity contribution in [2.24, 2.45) is 0 Å². The third-order valence-electron chi connectivity index (χ3n) is 4.54. The summed E-state index contributed by atoms with van der Waals surface area (Å²) in [6, 6.07) is 5.28. The van der Waals surface area contributed by atoms with E-state index in [4.69, 9.17) is 32.0 Å². The number of aliphatic hydroxyl groups excluding tert-OH is 2. The molecule has 0 saturated carbocycles. The van der Waals surface area contributed by atoms with Gasteiger partial charge in [-0.15, -0.1) is 0 Å². The lowest BCUT2D eigenvalue weighted by Crippen LogP contribution is -2.39. The van der Waals surface area contributed by atoms with Crippen molar-refractivity contribution in [3.05, 3.63) is 34.6 Å². The normalized spacial score (nSPS) is 18.1. The third-order valence-corrected chi connectivity index (χ3v) is 4.90. The van der Waals surface area contributed by atoms with Crippen molar-refractivity contribution >= 4 is 23.5 Å². The average Bonchev–Trinajstić information content (AvgIpc) is 3.20. The second-order valence-corrected chi connectivity index (χ2v) is 7.18. The predicted octanol–water partition coefficient (Wildman–Crippen LogP) is 1.32. The maximum atomic E-state index is 13.1. The number of hydrogen-bond acceptors (Lipinski definition) is 6. The Morgan fingerprint density at radius 1 is 1.28 bits per heavy atom. The molecule has 5 N–H and O–H groups in total. The molecule has 1 aromatic carbocycles. The Balaban J connectivity index is 0.000000359. The monoisotopic (exact) mass is 434 g/mol. The first-order valence-electron chi connectivity index (χ1n) is 9.37. The maximum Gasteiger partial charge on any atom is 0.335 e. The molecule has 1 saturated heterocycles. The molecule has 10 heteroatoms. The van der Waals surface area contributed by atoms with E-state index in [9.17, 15) is 14.0 Å². The van der Waals surface area contributed by atoms with E-state index in [1.165, 1.54) is 31.4 Å². The number of halogens is 2. The van der Waals surface area contributed by atoms with Gasteiger partial charge in [-0.3, -0.25) is 4.90 Å². The fourth-order valence-electron chi connectivity index (χ4n) is 2.84. The van der Waals surface area contributed by atoms with Gasteiger partial charge >= 0.3 is 11.9 Å². The summed E-state index contributed by atoms with van der Waals surface area (Å²) < 4.78 is 13.1. The van der Waals surface area contributed by atoms with Gasteiger partial charge in [0.05, 0.1) is 0 Å². The number of rotatable bonds is 9. The largest absolute Gasteiger partial charge is 0.479 e. The molecule has 164 valence electrons. The molecule has 0 aliphatic carbocycles. The molecule has 1 heterocycles. The lowest BCUT2D eigenvalue weighted by atomic mass is 10.1. The molecule has 0 bridgehead atoms. The van der Waals surface area contributed by atoms with E-state index in [0.717, 1.165) is 31.7 Å². The fourth-order valence-corrected chi connectivity index (χ4v) is 3.07. The molecular formula is C19H28ClFN2O6. The van der Waals surface area contributed by atoms with E-state index in [0.29, 0.717) is 11.1 Å². The van der Waals surface area contributed by atoms with Crippen LogP contribution in [0.5, 0.6) is 0 Å². The van der Waals surface area contributed by atoms with Crippen molar-refractivity contribution < 1.29 is 34.4 Å². The van der Waals surface area contributed by atoms with Gasteiger partial charge in [0.15, 0.2) is 12.2 Å². The van der Waals surface area contributed by atoms with Crippen LogP contribution in [0.4, 0.5) is 4.39 Å². The van der Waals surface area contributed by atoms with Crippen LogP contribution in [0.3, 0.4) is 0 Å². The summed E-state index contributed by atoms with van der Waals surface area (Å²) in [5.41, 5.74) is 1.02. The Hall–Kier alpha value is -1.78. The number of aliphatic carboxylic acids is 2. The Morgan fingerprint density at radius 2 is 1.90 bits per heavy atom. The molecule has 0 spiro atoms. The molecule has 29 heavy (non-hydrogen) atoms. The van der Waals surface area contributed by atoms with Crippen LogP contribution in [0.2, 0.25) is 5.02 Å². The van der Waals surface area contributed by atoms with Gasteiger partial charge in [0.2, 0.25) is 0 Å². The first kappa shape index (κ1) is 25.3. The number of carboxylic acids is 2. The summed E-state index contributed by atoms with van der Waals surface area (Å²) in [5, 5.41) is 36.5. The van der Waals surface area contributed by atoms with Crippen molar-refractivity contribution in [3.8, 4) is 0 Å². The van der Waals surface area contributed by atoms with Crippen LogP contribution in [0.15, 0.2) is 18.2 Å². The van der Waals surface area contributed by atoms with Gasteiger partial charge in [-0.25, -0.2) is 14.0 Å².